The van der Waals surface area contributed by atoms with E-state index < -0.39 is 11.9 Å². The summed E-state index contributed by atoms with van der Waals surface area (Å²) in [6, 6.07) is 15.3. The van der Waals surface area contributed by atoms with E-state index in [0.29, 0.717) is 16.5 Å². The Hall–Kier alpha value is -3.50. The number of nitrogens with one attached hydrogen (secondary N) is 1. The molecule has 0 saturated carbocycles. The SMILES string of the molecule is N#Cc1c(NC(=O)c2ncccc2C(=O)O)sc2c1CCC(c1ccccc1)C2. The minimum atomic E-state index is -1.22. The highest BCUT2D eigenvalue weighted by Gasteiger charge is 2.28. The van der Waals surface area contributed by atoms with E-state index in [9.17, 15) is 20.0 Å². The number of nitriles is 1. The van der Waals surface area contributed by atoms with Crippen molar-refractivity contribution in [3.8, 4) is 6.07 Å². The van der Waals surface area contributed by atoms with Crippen LogP contribution in [0.5, 0.6) is 0 Å². The number of nitrogens with zero attached hydrogens (tertiary/aromatic N) is 2. The quantitative estimate of drug-likeness (QED) is 0.678. The van der Waals surface area contributed by atoms with Crippen LogP contribution >= 0.6 is 11.3 Å². The maximum atomic E-state index is 12.7. The number of aromatic nitrogens is 1. The molecule has 1 amide bonds. The summed E-state index contributed by atoms with van der Waals surface area (Å²) in [7, 11) is 0. The minimum absolute atomic E-state index is 0.169. The summed E-state index contributed by atoms with van der Waals surface area (Å²) >= 11 is 1.39. The van der Waals surface area contributed by atoms with Gasteiger partial charge in [-0.2, -0.15) is 5.26 Å². The first-order valence-corrected chi connectivity index (χ1v) is 9.99. The number of rotatable bonds is 4. The fraction of sp³-hybridized carbons (Fsp3) is 0.182. The monoisotopic (exact) mass is 403 g/mol. The van der Waals surface area contributed by atoms with Gasteiger partial charge in [0.2, 0.25) is 0 Å². The fourth-order valence-electron chi connectivity index (χ4n) is 3.72. The highest BCUT2D eigenvalue weighted by molar-refractivity contribution is 7.16. The Morgan fingerprint density at radius 1 is 1.21 bits per heavy atom. The van der Waals surface area contributed by atoms with Crippen molar-refractivity contribution in [3.63, 3.8) is 0 Å². The lowest BCUT2D eigenvalue weighted by molar-refractivity contribution is 0.0691. The van der Waals surface area contributed by atoms with Crippen LogP contribution in [0.4, 0.5) is 5.00 Å². The van der Waals surface area contributed by atoms with E-state index >= 15 is 0 Å². The second-order valence-electron chi connectivity index (χ2n) is 6.83. The number of aromatic carboxylic acids is 1. The average molecular weight is 403 g/mol. The highest BCUT2D eigenvalue weighted by Crippen LogP contribution is 2.42. The van der Waals surface area contributed by atoms with Gasteiger partial charge in [0.25, 0.3) is 5.91 Å². The standard InChI is InChI=1S/C22H17N3O3S/c23-12-17-15-9-8-14(13-5-2-1-3-6-13)11-18(15)29-21(17)25-20(26)19-16(22(27)28)7-4-10-24-19/h1-7,10,14H,8-9,11H2,(H,25,26)(H,27,28). The van der Waals surface area contributed by atoms with Crippen molar-refractivity contribution in [3.05, 3.63) is 81.5 Å². The van der Waals surface area contributed by atoms with Gasteiger partial charge in [0.05, 0.1) is 11.1 Å². The van der Waals surface area contributed by atoms with Gasteiger partial charge in [-0.1, -0.05) is 30.3 Å². The summed E-state index contributed by atoms with van der Waals surface area (Å²) in [6.07, 6.45) is 3.91. The molecule has 1 aliphatic carbocycles. The van der Waals surface area contributed by atoms with E-state index in [1.807, 2.05) is 18.2 Å². The summed E-state index contributed by atoms with van der Waals surface area (Å²) in [5.74, 6) is -1.47. The van der Waals surface area contributed by atoms with Crippen LogP contribution in [0.1, 0.15) is 54.8 Å². The molecule has 0 radical (unpaired) electrons. The average Bonchev–Trinajstić information content (AvgIpc) is 3.10. The van der Waals surface area contributed by atoms with Crippen LogP contribution in [0.15, 0.2) is 48.7 Å². The number of thiophene rings is 1. The number of carbonyl (C=O) groups is 2. The Morgan fingerprint density at radius 2 is 2.00 bits per heavy atom. The van der Waals surface area contributed by atoms with Gasteiger partial charge in [0, 0.05) is 11.1 Å². The van der Waals surface area contributed by atoms with E-state index in [2.05, 4.69) is 28.5 Å². The predicted octanol–water partition coefficient (Wildman–Crippen LogP) is 4.24. The summed E-state index contributed by atoms with van der Waals surface area (Å²) in [5, 5.41) is 22.1. The summed E-state index contributed by atoms with van der Waals surface area (Å²) in [5.41, 5.74) is 2.39. The van der Waals surface area contributed by atoms with Gasteiger partial charge in [0.15, 0.2) is 0 Å². The van der Waals surface area contributed by atoms with Gasteiger partial charge in [-0.15, -0.1) is 11.3 Å². The van der Waals surface area contributed by atoms with Crippen LogP contribution < -0.4 is 5.32 Å². The van der Waals surface area contributed by atoms with Crippen molar-refractivity contribution in [2.24, 2.45) is 0 Å². The lowest BCUT2D eigenvalue weighted by atomic mass is 9.83. The summed E-state index contributed by atoms with van der Waals surface area (Å²) < 4.78 is 0. The van der Waals surface area contributed by atoms with Gasteiger partial charge >= 0.3 is 5.97 Å². The molecule has 0 aliphatic heterocycles. The van der Waals surface area contributed by atoms with E-state index in [0.717, 1.165) is 29.7 Å². The third-order valence-corrected chi connectivity index (χ3v) is 6.30. The highest BCUT2D eigenvalue weighted by atomic mass is 32.1. The largest absolute Gasteiger partial charge is 0.478 e. The lowest BCUT2D eigenvalue weighted by Crippen LogP contribution is -2.18. The zero-order valence-corrected chi connectivity index (χ0v) is 16.2. The second kappa shape index (κ2) is 7.86. The molecule has 2 N–H and O–H groups in total. The Bertz CT molecular complexity index is 1130. The first-order valence-electron chi connectivity index (χ1n) is 9.17. The molecule has 7 heteroatoms. The van der Waals surface area contributed by atoms with Crippen molar-refractivity contribution < 1.29 is 14.7 Å². The van der Waals surface area contributed by atoms with Crippen LogP contribution in [0.2, 0.25) is 0 Å². The number of fused-ring (bicyclic) bond motifs is 1. The number of benzene rings is 1. The van der Waals surface area contributed by atoms with Gasteiger partial charge in [-0.3, -0.25) is 9.78 Å². The van der Waals surface area contributed by atoms with Crippen molar-refractivity contribution in [1.29, 1.82) is 5.26 Å². The van der Waals surface area contributed by atoms with Crippen LogP contribution in [-0.2, 0) is 12.8 Å². The molecular formula is C22H17N3O3S. The van der Waals surface area contributed by atoms with Crippen LogP contribution in [0.3, 0.4) is 0 Å². The molecule has 0 fully saturated rings. The van der Waals surface area contributed by atoms with Crippen molar-refractivity contribution in [2.75, 3.05) is 5.32 Å². The van der Waals surface area contributed by atoms with Crippen molar-refractivity contribution in [2.45, 2.75) is 25.2 Å². The fourth-order valence-corrected chi connectivity index (χ4v) is 5.00. The predicted molar refractivity (Wildman–Crippen MR) is 109 cm³/mol. The summed E-state index contributed by atoms with van der Waals surface area (Å²) in [4.78, 5) is 29.0. The Labute approximate surface area is 171 Å². The molecule has 2 aromatic heterocycles. The number of amides is 1. The molecule has 1 atom stereocenters. The molecule has 29 heavy (non-hydrogen) atoms. The van der Waals surface area contributed by atoms with E-state index in [1.54, 1.807) is 0 Å². The molecule has 4 rings (SSSR count). The van der Waals surface area contributed by atoms with Crippen LogP contribution in [-0.4, -0.2) is 22.0 Å². The maximum absolute atomic E-state index is 12.7. The number of carboxylic acid groups (broad SMARTS) is 1. The smallest absolute Gasteiger partial charge is 0.338 e. The number of hydrogen-bond donors (Lipinski definition) is 2. The molecule has 3 aromatic rings. The minimum Gasteiger partial charge on any atom is -0.478 e. The normalized spacial score (nSPS) is 15.2. The molecule has 2 heterocycles. The second-order valence-corrected chi connectivity index (χ2v) is 7.93. The third-order valence-electron chi connectivity index (χ3n) is 5.13. The van der Waals surface area contributed by atoms with Gasteiger partial charge in [-0.25, -0.2) is 4.79 Å². The number of hydrogen-bond acceptors (Lipinski definition) is 5. The molecule has 144 valence electrons. The molecule has 0 spiro atoms. The van der Waals surface area contributed by atoms with Crippen molar-refractivity contribution >= 4 is 28.2 Å². The molecule has 1 aromatic carbocycles. The molecule has 6 nitrogen and oxygen atoms in total. The third kappa shape index (κ3) is 3.62. The number of carboxylic acids is 1. The zero-order valence-electron chi connectivity index (χ0n) is 15.4. The topological polar surface area (TPSA) is 103 Å². The maximum Gasteiger partial charge on any atom is 0.338 e. The van der Waals surface area contributed by atoms with E-state index in [1.165, 1.54) is 35.2 Å². The van der Waals surface area contributed by atoms with Gasteiger partial charge in [0.1, 0.15) is 16.8 Å². The van der Waals surface area contributed by atoms with E-state index in [4.69, 9.17) is 0 Å². The number of pyridine rings is 1. The van der Waals surface area contributed by atoms with Crippen LogP contribution in [0.25, 0.3) is 0 Å². The molecule has 0 bridgehead atoms. The van der Waals surface area contributed by atoms with Gasteiger partial charge < -0.3 is 10.4 Å². The van der Waals surface area contributed by atoms with Gasteiger partial charge in [-0.05, 0) is 48.4 Å². The summed E-state index contributed by atoms with van der Waals surface area (Å²) in [6.45, 7) is 0. The zero-order chi connectivity index (χ0) is 20.4. The molecule has 1 unspecified atom stereocenters. The Morgan fingerprint density at radius 3 is 2.72 bits per heavy atom. The van der Waals surface area contributed by atoms with Crippen LogP contribution in [0, 0.1) is 11.3 Å². The first-order chi connectivity index (χ1) is 14.1. The van der Waals surface area contributed by atoms with Crippen molar-refractivity contribution in [1.82, 2.24) is 4.98 Å². The molecule has 1 aliphatic rings. The lowest BCUT2D eigenvalue weighted by Gasteiger charge is -2.22. The molecular weight excluding hydrogens is 386 g/mol. The van der Waals surface area contributed by atoms with E-state index in [-0.39, 0.29) is 11.3 Å². The number of carbonyl (C=O) groups excluding carboxylic acids is 1. The first kappa shape index (κ1) is 18.8. The Kier molecular flexibility index (Phi) is 5.10. The number of anilines is 1. The Balaban J connectivity index is 1.62. The molecule has 0 saturated heterocycles.